The zero-order valence-corrected chi connectivity index (χ0v) is 15.8. The van der Waals surface area contributed by atoms with Crippen molar-refractivity contribution in [3.05, 3.63) is 24.5 Å². The maximum absolute atomic E-state index is 13.1. The molecule has 2 saturated heterocycles. The maximum Gasteiger partial charge on any atom is 0.244 e. The number of morpholine rings is 1. The SMILES string of the molecule is CC1(C)C[C@]2(CN3CCOCC3)CN(S(=O)(=O)c3cccnc3)C[C@H]12. The Morgan fingerprint density at radius 1 is 1.32 bits per heavy atom. The number of hydrogen-bond donors (Lipinski definition) is 0. The molecular weight excluding hydrogens is 338 g/mol. The molecule has 2 aliphatic heterocycles. The first-order valence-corrected chi connectivity index (χ1v) is 10.5. The Labute approximate surface area is 150 Å². The third-order valence-corrected chi connectivity index (χ3v) is 8.08. The fraction of sp³-hybridized carbons (Fsp3) is 0.722. The van der Waals surface area contributed by atoms with Gasteiger partial charge in [0, 0.05) is 50.5 Å². The van der Waals surface area contributed by atoms with E-state index in [4.69, 9.17) is 4.74 Å². The third kappa shape index (κ3) is 2.91. The molecular formula is C18H27N3O3S. The number of pyridine rings is 1. The second-order valence-electron chi connectivity index (χ2n) is 8.46. The standard InChI is InChI=1S/C18H27N3O3S/c1-17(2)12-18(13-20-6-8-24-9-7-20)14-21(11-16(17)18)25(22,23)15-4-3-5-19-10-15/h3-5,10,16H,6-9,11-14H2,1-2H3/t16-,18+/m1/s1. The van der Waals surface area contributed by atoms with Gasteiger partial charge in [0.05, 0.1) is 13.2 Å². The summed E-state index contributed by atoms with van der Waals surface area (Å²) < 4.78 is 33.3. The Balaban J connectivity index is 1.57. The lowest BCUT2D eigenvalue weighted by Crippen LogP contribution is -2.59. The summed E-state index contributed by atoms with van der Waals surface area (Å²) in [5.41, 5.74) is 0.279. The van der Waals surface area contributed by atoms with Crippen molar-refractivity contribution in [1.82, 2.24) is 14.2 Å². The molecule has 0 bridgehead atoms. The molecule has 4 rings (SSSR count). The van der Waals surface area contributed by atoms with Crippen LogP contribution in [-0.2, 0) is 14.8 Å². The number of fused-ring (bicyclic) bond motifs is 1. The molecule has 0 aromatic carbocycles. The van der Waals surface area contributed by atoms with E-state index in [-0.39, 0.29) is 10.8 Å². The molecule has 3 heterocycles. The molecule has 1 aromatic rings. The first-order valence-electron chi connectivity index (χ1n) is 9.04. The first-order chi connectivity index (χ1) is 11.8. The van der Waals surface area contributed by atoms with Gasteiger partial charge in [-0.2, -0.15) is 4.31 Å². The van der Waals surface area contributed by atoms with Crippen LogP contribution in [0.3, 0.4) is 0 Å². The van der Waals surface area contributed by atoms with Gasteiger partial charge in [-0.3, -0.25) is 9.88 Å². The van der Waals surface area contributed by atoms with Crippen LogP contribution in [0.15, 0.2) is 29.4 Å². The van der Waals surface area contributed by atoms with E-state index in [1.54, 1.807) is 22.6 Å². The molecule has 0 radical (unpaired) electrons. The Morgan fingerprint density at radius 2 is 2.08 bits per heavy atom. The van der Waals surface area contributed by atoms with E-state index < -0.39 is 10.0 Å². The summed E-state index contributed by atoms with van der Waals surface area (Å²) in [5, 5.41) is 0. The summed E-state index contributed by atoms with van der Waals surface area (Å²) in [7, 11) is -3.47. The Morgan fingerprint density at radius 3 is 2.72 bits per heavy atom. The lowest BCUT2D eigenvalue weighted by atomic mass is 9.48. The van der Waals surface area contributed by atoms with Gasteiger partial charge in [0.25, 0.3) is 0 Å². The first kappa shape index (κ1) is 17.4. The Kier molecular flexibility index (Phi) is 4.18. The molecule has 1 aliphatic carbocycles. The molecule has 138 valence electrons. The summed E-state index contributed by atoms with van der Waals surface area (Å²) in [5.74, 6) is 0.411. The highest BCUT2D eigenvalue weighted by Crippen LogP contribution is 2.63. The Bertz CT molecular complexity index is 731. The van der Waals surface area contributed by atoms with E-state index in [0.717, 1.165) is 39.3 Å². The largest absolute Gasteiger partial charge is 0.379 e. The summed E-state index contributed by atoms with van der Waals surface area (Å²) in [6.45, 7) is 10.2. The van der Waals surface area contributed by atoms with Gasteiger partial charge < -0.3 is 4.74 Å². The monoisotopic (exact) mass is 365 g/mol. The summed E-state index contributed by atoms with van der Waals surface area (Å²) >= 11 is 0. The zero-order chi connectivity index (χ0) is 17.7. The van der Waals surface area contributed by atoms with Gasteiger partial charge >= 0.3 is 0 Å². The van der Waals surface area contributed by atoms with Crippen LogP contribution in [0, 0.1) is 16.7 Å². The predicted octanol–water partition coefficient (Wildman–Crippen LogP) is 1.45. The van der Waals surface area contributed by atoms with Gasteiger partial charge in [0.2, 0.25) is 10.0 Å². The van der Waals surface area contributed by atoms with Crippen LogP contribution in [0.2, 0.25) is 0 Å². The van der Waals surface area contributed by atoms with Gasteiger partial charge in [0.1, 0.15) is 4.90 Å². The lowest BCUT2D eigenvalue weighted by Gasteiger charge is -2.58. The summed E-state index contributed by atoms with van der Waals surface area (Å²) in [4.78, 5) is 6.74. The smallest absolute Gasteiger partial charge is 0.244 e. The second kappa shape index (κ2) is 6.01. The van der Waals surface area contributed by atoms with E-state index >= 15 is 0 Å². The predicted molar refractivity (Wildman–Crippen MR) is 94.6 cm³/mol. The minimum Gasteiger partial charge on any atom is -0.379 e. The van der Waals surface area contributed by atoms with Crippen molar-refractivity contribution in [3.8, 4) is 0 Å². The van der Waals surface area contributed by atoms with Crippen LogP contribution in [0.1, 0.15) is 20.3 Å². The van der Waals surface area contributed by atoms with Gasteiger partial charge in [-0.1, -0.05) is 13.8 Å². The van der Waals surface area contributed by atoms with E-state index in [2.05, 4.69) is 23.7 Å². The van der Waals surface area contributed by atoms with Crippen LogP contribution >= 0.6 is 0 Å². The number of aromatic nitrogens is 1. The van der Waals surface area contributed by atoms with Crippen molar-refractivity contribution in [2.24, 2.45) is 16.7 Å². The second-order valence-corrected chi connectivity index (χ2v) is 10.4. The molecule has 3 fully saturated rings. The highest BCUT2D eigenvalue weighted by molar-refractivity contribution is 7.89. The molecule has 1 saturated carbocycles. The van der Waals surface area contributed by atoms with Crippen molar-refractivity contribution >= 4 is 10.0 Å². The normalized spacial score (nSPS) is 33.0. The number of hydrogen-bond acceptors (Lipinski definition) is 5. The van der Waals surface area contributed by atoms with Crippen molar-refractivity contribution in [2.75, 3.05) is 45.9 Å². The summed E-state index contributed by atoms with van der Waals surface area (Å²) in [6.07, 6.45) is 4.14. The van der Waals surface area contributed by atoms with Gasteiger partial charge in [-0.05, 0) is 29.9 Å². The zero-order valence-electron chi connectivity index (χ0n) is 15.0. The highest BCUT2D eigenvalue weighted by atomic mass is 32.2. The topological polar surface area (TPSA) is 62.7 Å². The molecule has 0 amide bonds. The Hall–Kier alpha value is -1.02. The summed E-state index contributed by atoms with van der Waals surface area (Å²) in [6, 6.07) is 3.33. The quantitative estimate of drug-likeness (QED) is 0.808. The van der Waals surface area contributed by atoms with Crippen LogP contribution in [0.4, 0.5) is 0 Å². The average Bonchev–Trinajstić information content (AvgIpc) is 2.92. The van der Waals surface area contributed by atoms with E-state index in [1.165, 1.54) is 6.20 Å². The fourth-order valence-electron chi connectivity index (χ4n) is 5.33. The molecule has 2 atom stereocenters. The van der Waals surface area contributed by atoms with Crippen molar-refractivity contribution in [2.45, 2.75) is 25.2 Å². The van der Waals surface area contributed by atoms with Crippen molar-refractivity contribution in [1.29, 1.82) is 0 Å². The van der Waals surface area contributed by atoms with Crippen LogP contribution in [0.25, 0.3) is 0 Å². The molecule has 25 heavy (non-hydrogen) atoms. The fourth-order valence-corrected chi connectivity index (χ4v) is 6.85. The van der Waals surface area contributed by atoms with Crippen LogP contribution in [0.5, 0.6) is 0 Å². The molecule has 3 aliphatic rings. The van der Waals surface area contributed by atoms with Crippen molar-refractivity contribution in [3.63, 3.8) is 0 Å². The number of sulfonamides is 1. The van der Waals surface area contributed by atoms with E-state index in [0.29, 0.717) is 23.9 Å². The van der Waals surface area contributed by atoms with Gasteiger partial charge in [0.15, 0.2) is 0 Å². The molecule has 0 unspecified atom stereocenters. The van der Waals surface area contributed by atoms with E-state index in [9.17, 15) is 8.42 Å². The van der Waals surface area contributed by atoms with E-state index in [1.807, 2.05) is 0 Å². The molecule has 0 N–H and O–H groups in total. The minimum atomic E-state index is -3.47. The molecule has 7 heteroatoms. The molecule has 6 nitrogen and oxygen atoms in total. The number of nitrogens with zero attached hydrogens (tertiary/aromatic N) is 3. The van der Waals surface area contributed by atoms with Crippen molar-refractivity contribution < 1.29 is 13.2 Å². The number of rotatable bonds is 4. The lowest BCUT2D eigenvalue weighted by molar-refractivity contribution is -0.0965. The average molecular weight is 365 g/mol. The minimum absolute atomic E-state index is 0.0795. The maximum atomic E-state index is 13.1. The van der Waals surface area contributed by atoms with Crippen LogP contribution < -0.4 is 0 Å². The third-order valence-electron chi connectivity index (χ3n) is 6.28. The van der Waals surface area contributed by atoms with Crippen LogP contribution in [-0.4, -0.2) is 68.5 Å². The molecule has 1 aromatic heterocycles. The number of ether oxygens (including phenoxy) is 1. The highest BCUT2D eigenvalue weighted by Gasteiger charge is 2.64. The van der Waals surface area contributed by atoms with Gasteiger partial charge in [-0.25, -0.2) is 8.42 Å². The molecule has 0 spiro atoms. The van der Waals surface area contributed by atoms with Gasteiger partial charge in [-0.15, -0.1) is 0 Å².